The maximum atomic E-state index is 12.8. The average molecular weight is 459 g/mol. The minimum Gasteiger partial charge on any atom is -0.342 e. The molecule has 0 radical (unpaired) electrons. The van der Waals surface area contributed by atoms with Crippen LogP contribution in [0.1, 0.15) is 19.3 Å². The molecule has 7 nitrogen and oxygen atoms in total. The Hall–Kier alpha value is -2.71. The van der Waals surface area contributed by atoms with Crippen molar-refractivity contribution in [2.75, 3.05) is 23.7 Å². The molecule has 2 aliphatic heterocycles. The van der Waals surface area contributed by atoms with Crippen molar-refractivity contribution in [1.82, 2.24) is 10.2 Å². The maximum Gasteiger partial charge on any atom is 0.319 e. The van der Waals surface area contributed by atoms with Gasteiger partial charge in [0.2, 0.25) is 11.8 Å². The molecule has 3 N–H and O–H groups in total. The normalized spacial score (nSPS) is 18.7. The summed E-state index contributed by atoms with van der Waals surface area (Å²) in [6.45, 7) is 1.11. The van der Waals surface area contributed by atoms with E-state index in [0.717, 1.165) is 10.6 Å². The Kier molecular flexibility index (Phi) is 6.67. The quantitative estimate of drug-likeness (QED) is 0.646. The number of fused-ring (bicyclic) bond motifs is 1. The lowest BCUT2D eigenvalue weighted by Gasteiger charge is -2.33. The van der Waals surface area contributed by atoms with Gasteiger partial charge in [0, 0.05) is 41.2 Å². The number of piperidine rings is 1. The van der Waals surface area contributed by atoms with Crippen LogP contribution in [0.2, 0.25) is 5.02 Å². The molecule has 0 aromatic heterocycles. The standard InChI is InChI=1S/C22H23ClN4O3S/c23-14-6-7-18-17(12-14)26-21(29)19(31-18)13-20(28)27-10-8-16(9-11-27)25-22(30)24-15-4-2-1-3-5-15/h1-7,12,16,19H,8-11,13H2,(H,26,29)(H2,24,25,30). The number of thioether (sulfide) groups is 1. The Morgan fingerprint density at radius 1 is 1.13 bits per heavy atom. The van der Waals surface area contributed by atoms with Crippen LogP contribution in [0.5, 0.6) is 0 Å². The van der Waals surface area contributed by atoms with E-state index in [1.165, 1.54) is 11.8 Å². The summed E-state index contributed by atoms with van der Waals surface area (Å²) in [6.07, 6.45) is 1.50. The summed E-state index contributed by atoms with van der Waals surface area (Å²) in [4.78, 5) is 40.0. The predicted molar refractivity (Wildman–Crippen MR) is 123 cm³/mol. The van der Waals surface area contributed by atoms with Gasteiger partial charge < -0.3 is 20.9 Å². The second kappa shape index (κ2) is 9.62. The van der Waals surface area contributed by atoms with Crippen LogP contribution in [0.25, 0.3) is 0 Å². The molecule has 2 heterocycles. The molecule has 0 aliphatic carbocycles. The van der Waals surface area contributed by atoms with Crippen LogP contribution in [0.15, 0.2) is 53.4 Å². The summed E-state index contributed by atoms with van der Waals surface area (Å²) in [6, 6.07) is 14.4. The van der Waals surface area contributed by atoms with Crippen LogP contribution in [0, 0.1) is 0 Å². The second-order valence-electron chi connectivity index (χ2n) is 7.56. The van der Waals surface area contributed by atoms with Gasteiger partial charge in [0.25, 0.3) is 0 Å². The molecule has 0 saturated carbocycles. The highest BCUT2D eigenvalue weighted by Crippen LogP contribution is 2.38. The van der Waals surface area contributed by atoms with Gasteiger partial charge in [0.1, 0.15) is 0 Å². The van der Waals surface area contributed by atoms with Gasteiger partial charge in [-0.15, -0.1) is 11.8 Å². The summed E-state index contributed by atoms with van der Waals surface area (Å²) in [5.74, 6) is -0.223. The summed E-state index contributed by atoms with van der Waals surface area (Å²) in [5, 5.41) is 8.70. The lowest BCUT2D eigenvalue weighted by atomic mass is 10.0. The van der Waals surface area contributed by atoms with Gasteiger partial charge in [-0.1, -0.05) is 29.8 Å². The SMILES string of the molecule is O=C(Nc1ccccc1)NC1CCN(C(=O)CC2Sc3ccc(Cl)cc3NC2=O)CC1. The highest BCUT2D eigenvalue weighted by atomic mass is 35.5. The van der Waals surface area contributed by atoms with E-state index in [2.05, 4.69) is 16.0 Å². The number of halogens is 1. The number of urea groups is 1. The molecule has 1 unspecified atom stereocenters. The Morgan fingerprint density at radius 3 is 2.61 bits per heavy atom. The topological polar surface area (TPSA) is 90.5 Å². The molecule has 4 rings (SSSR count). The second-order valence-corrected chi connectivity index (χ2v) is 9.24. The fourth-order valence-electron chi connectivity index (χ4n) is 3.69. The summed E-state index contributed by atoms with van der Waals surface area (Å²) < 4.78 is 0. The van der Waals surface area contributed by atoms with Crippen molar-refractivity contribution in [2.45, 2.75) is 35.4 Å². The highest BCUT2D eigenvalue weighted by molar-refractivity contribution is 8.01. The predicted octanol–water partition coefficient (Wildman–Crippen LogP) is 3.96. The minimum atomic E-state index is -0.464. The third-order valence-electron chi connectivity index (χ3n) is 5.34. The van der Waals surface area contributed by atoms with Crippen molar-refractivity contribution in [2.24, 2.45) is 0 Å². The van der Waals surface area contributed by atoms with Crippen LogP contribution in [0.4, 0.5) is 16.2 Å². The number of rotatable bonds is 4. The molecule has 2 aromatic carbocycles. The lowest BCUT2D eigenvalue weighted by molar-refractivity contribution is -0.133. The summed E-state index contributed by atoms with van der Waals surface area (Å²) in [7, 11) is 0. The van der Waals surface area contributed by atoms with Crippen LogP contribution < -0.4 is 16.0 Å². The van der Waals surface area contributed by atoms with Crippen molar-refractivity contribution in [1.29, 1.82) is 0 Å². The minimum absolute atomic E-state index is 0.0109. The Labute approximate surface area is 189 Å². The zero-order valence-electron chi connectivity index (χ0n) is 16.8. The fourth-order valence-corrected chi connectivity index (χ4v) is 4.95. The van der Waals surface area contributed by atoms with E-state index in [0.29, 0.717) is 36.6 Å². The van der Waals surface area contributed by atoms with E-state index in [9.17, 15) is 14.4 Å². The van der Waals surface area contributed by atoms with E-state index < -0.39 is 5.25 Å². The number of anilines is 2. The first-order valence-corrected chi connectivity index (χ1v) is 11.4. The van der Waals surface area contributed by atoms with E-state index in [4.69, 9.17) is 11.6 Å². The van der Waals surface area contributed by atoms with Gasteiger partial charge in [0.05, 0.1) is 10.9 Å². The van der Waals surface area contributed by atoms with E-state index >= 15 is 0 Å². The fraction of sp³-hybridized carbons (Fsp3) is 0.318. The number of hydrogen-bond acceptors (Lipinski definition) is 4. The molecule has 2 aromatic rings. The largest absolute Gasteiger partial charge is 0.342 e. The number of nitrogens with zero attached hydrogens (tertiary/aromatic N) is 1. The maximum absolute atomic E-state index is 12.8. The molecular weight excluding hydrogens is 436 g/mol. The van der Waals surface area contributed by atoms with Crippen molar-refractivity contribution in [3.05, 3.63) is 53.6 Å². The van der Waals surface area contributed by atoms with Gasteiger partial charge >= 0.3 is 6.03 Å². The Bertz CT molecular complexity index is 980. The monoisotopic (exact) mass is 458 g/mol. The number of nitrogens with one attached hydrogen (secondary N) is 3. The Balaban J connectivity index is 1.24. The molecule has 4 amide bonds. The Morgan fingerprint density at radius 2 is 1.87 bits per heavy atom. The number of benzene rings is 2. The zero-order valence-corrected chi connectivity index (χ0v) is 18.3. The average Bonchev–Trinajstić information content (AvgIpc) is 2.75. The lowest BCUT2D eigenvalue weighted by Crippen LogP contribution is -2.48. The molecule has 2 aliphatic rings. The number of amides is 4. The number of para-hydroxylation sites is 1. The van der Waals surface area contributed by atoms with E-state index in [1.54, 1.807) is 17.0 Å². The number of carbonyl (C=O) groups is 3. The van der Waals surface area contributed by atoms with Crippen LogP contribution in [0.3, 0.4) is 0 Å². The number of likely N-dealkylation sites (tertiary alicyclic amines) is 1. The van der Waals surface area contributed by atoms with Gasteiger partial charge in [-0.3, -0.25) is 9.59 Å². The van der Waals surface area contributed by atoms with Crippen LogP contribution in [-0.4, -0.2) is 47.1 Å². The highest BCUT2D eigenvalue weighted by Gasteiger charge is 2.32. The summed E-state index contributed by atoms with van der Waals surface area (Å²) >= 11 is 7.37. The van der Waals surface area contributed by atoms with Gasteiger partial charge in [-0.25, -0.2) is 4.79 Å². The molecule has 162 valence electrons. The van der Waals surface area contributed by atoms with Crippen LogP contribution in [-0.2, 0) is 9.59 Å². The summed E-state index contributed by atoms with van der Waals surface area (Å²) in [5.41, 5.74) is 1.42. The van der Waals surface area contributed by atoms with Crippen LogP contribution >= 0.6 is 23.4 Å². The van der Waals surface area contributed by atoms with E-state index in [-0.39, 0.29) is 30.3 Å². The van der Waals surface area contributed by atoms with Gasteiger partial charge in [-0.05, 0) is 43.2 Å². The smallest absolute Gasteiger partial charge is 0.319 e. The van der Waals surface area contributed by atoms with Crippen molar-refractivity contribution in [3.8, 4) is 0 Å². The van der Waals surface area contributed by atoms with Gasteiger partial charge in [0.15, 0.2) is 0 Å². The molecule has 1 fully saturated rings. The molecule has 0 spiro atoms. The van der Waals surface area contributed by atoms with Crippen molar-refractivity contribution < 1.29 is 14.4 Å². The van der Waals surface area contributed by atoms with Gasteiger partial charge in [-0.2, -0.15) is 0 Å². The first kappa shape index (κ1) is 21.5. The molecule has 31 heavy (non-hydrogen) atoms. The van der Waals surface area contributed by atoms with Crippen molar-refractivity contribution >= 4 is 52.6 Å². The molecule has 9 heteroatoms. The molecule has 1 saturated heterocycles. The molecule has 1 atom stereocenters. The molecular formula is C22H23ClN4O3S. The van der Waals surface area contributed by atoms with E-state index in [1.807, 2.05) is 36.4 Å². The molecule has 0 bridgehead atoms. The first-order chi connectivity index (χ1) is 15.0. The third-order valence-corrected chi connectivity index (χ3v) is 6.85. The number of hydrogen-bond donors (Lipinski definition) is 3. The zero-order chi connectivity index (χ0) is 21.8. The third kappa shape index (κ3) is 5.51. The number of carbonyl (C=O) groups excluding carboxylic acids is 3. The first-order valence-electron chi connectivity index (χ1n) is 10.2. The van der Waals surface area contributed by atoms with Crippen molar-refractivity contribution in [3.63, 3.8) is 0 Å².